The lowest BCUT2D eigenvalue weighted by Gasteiger charge is -2.11. The second-order valence-corrected chi connectivity index (χ2v) is 6.15. The van der Waals surface area contributed by atoms with Crippen LogP contribution in [0.2, 0.25) is 0 Å². The van der Waals surface area contributed by atoms with Crippen molar-refractivity contribution < 1.29 is 0 Å². The van der Waals surface area contributed by atoms with Gasteiger partial charge < -0.3 is 9.88 Å². The normalized spacial score (nSPS) is 11.3. The number of fused-ring (bicyclic) bond motifs is 1. The van der Waals surface area contributed by atoms with Gasteiger partial charge in [-0.2, -0.15) is 10.1 Å². The maximum Gasteiger partial charge on any atom is 0.263 e. The van der Waals surface area contributed by atoms with Crippen molar-refractivity contribution in [2.75, 3.05) is 5.32 Å². The molecule has 0 unspecified atom stereocenters. The summed E-state index contributed by atoms with van der Waals surface area (Å²) in [6.07, 6.45) is 3.21. The van der Waals surface area contributed by atoms with E-state index in [0.717, 1.165) is 11.5 Å². The number of anilines is 1. The van der Waals surface area contributed by atoms with E-state index in [0.29, 0.717) is 23.5 Å². The van der Waals surface area contributed by atoms with Gasteiger partial charge in [-0.25, -0.2) is 4.68 Å². The molecule has 0 saturated heterocycles. The molecule has 0 atom stereocenters. The predicted molar refractivity (Wildman–Crippen MR) is 97.2 cm³/mol. The van der Waals surface area contributed by atoms with Crippen molar-refractivity contribution in [3.8, 4) is 5.69 Å². The number of H-pyrrole nitrogens is 1. The molecule has 4 aromatic rings. The Morgan fingerprint density at radius 2 is 2.04 bits per heavy atom. The van der Waals surface area contributed by atoms with Crippen molar-refractivity contribution >= 4 is 17.0 Å². The summed E-state index contributed by atoms with van der Waals surface area (Å²) in [5, 5.41) is 15.9. The average molecular weight is 350 g/mol. The Morgan fingerprint density at radius 3 is 2.81 bits per heavy atom. The van der Waals surface area contributed by atoms with Gasteiger partial charge in [0.1, 0.15) is 11.7 Å². The van der Waals surface area contributed by atoms with Gasteiger partial charge in [-0.3, -0.25) is 9.78 Å². The maximum atomic E-state index is 12.4. The molecule has 0 spiro atoms. The Balaban J connectivity index is 1.68. The molecule has 2 N–H and O–H groups in total. The molecular formula is C17H18N8O. The highest BCUT2D eigenvalue weighted by molar-refractivity contribution is 5.76. The van der Waals surface area contributed by atoms with Crippen LogP contribution in [0.15, 0.2) is 47.7 Å². The lowest BCUT2D eigenvalue weighted by molar-refractivity contribution is 0.571. The summed E-state index contributed by atoms with van der Waals surface area (Å²) >= 11 is 0. The monoisotopic (exact) mass is 350 g/mol. The number of nitrogens with zero attached hydrogens (tertiary/aromatic N) is 6. The fourth-order valence-corrected chi connectivity index (χ4v) is 2.75. The summed E-state index contributed by atoms with van der Waals surface area (Å²) in [4.78, 5) is 19.6. The number of benzene rings is 1. The first-order chi connectivity index (χ1) is 12.6. The first kappa shape index (κ1) is 16.0. The number of para-hydroxylation sites is 1. The van der Waals surface area contributed by atoms with Crippen molar-refractivity contribution in [3.63, 3.8) is 0 Å². The van der Waals surface area contributed by atoms with E-state index in [-0.39, 0.29) is 11.6 Å². The molecule has 0 aliphatic heterocycles. The van der Waals surface area contributed by atoms with E-state index >= 15 is 0 Å². The van der Waals surface area contributed by atoms with Crippen molar-refractivity contribution in [2.24, 2.45) is 0 Å². The topological polar surface area (TPSA) is 106 Å². The van der Waals surface area contributed by atoms with Gasteiger partial charge in [0.2, 0.25) is 5.95 Å². The van der Waals surface area contributed by atoms with Gasteiger partial charge in [0.15, 0.2) is 11.5 Å². The molecule has 9 heteroatoms. The minimum atomic E-state index is -0.245. The smallest absolute Gasteiger partial charge is 0.263 e. The van der Waals surface area contributed by atoms with Crippen LogP contribution in [0.4, 0.5) is 5.95 Å². The van der Waals surface area contributed by atoms with Crippen LogP contribution in [0.25, 0.3) is 16.7 Å². The lowest BCUT2D eigenvalue weighted by atomic mass is 10.3. The molecule has 0 saturated carbocycles. The van der Waals surface area contributed by atoms with Crippen LogP contribution in [-0.2, 0) is 6.54 Å². The molecule has 1 aromatic carbocycles. The highest BCUT2D eigenvalue weighted by Gasteiger charge is 2.12. The lowest BCUT2D eigenvalue weighted by Crippen LogP contribution is -2.16. The van der Waals surface area contributed by atoms with Crippen molar-refractivity contribution in [1.29, 1.82) is 0 Å². The third-order valence-corrected chi connectivity index (χ3v) is 4.06. The number of aromatic amines is 1. The highest BCUT2D eigenvalue weighted by atomic mass is 16.1. The van der Waals surface area contributed by atoms with E-state index in [1.807, 2.05) is 34.9 Å². The fourth-order valence-electron chi connectivity index (χ4n) is 2.75. The second kappa shape index (κ2) is 6.43. The Kier molecular flexibility index (Phi) is 3.96. The molecule has 3 aromatic heterocycles. The Bertz CT molecular complexity index is 1090. The number of aromatic nitrogens is 7. The molecule has 26 heavy (non-hydrogen) atoms. The van der Waals surface area contributed by atoms with Crippen LogP contribution in [0.1, 0.15) is 25.7 Å². The van der Waals surface area contributed by atoms with Crippen molar-refractivity contribution in [1.82, 2.24) is 34.5 Å². The fraction of sp³-hybridized carbons (Fsp3) is 0.235. The van der Waals surface area contributed by atoms with Gasteiger partial charge in [0.25, 0.3) is 5.56 Å². The minimum absolute atomic E-state index is 0.245. The van der Waals surface area contributed by atoms with Gasteiger partial charge >= 0.3 is 0 Å². The third-order valence-electron chi connectivity index (χ3n) is 4.06. The number of rotatable bonds is 5. The molecule has 0 aliphatic rings. The number of hydrogen-bond donors (Lipinski definition) is 2. The molecule has 0 fully saturated rings. The SMILES string of the molecule is CC(C)n1cnnc1CNc1nc2c(cnn2-c2ccccc2)c(=O)[nH]1. The van der Waals surface area contributed by atoms with Crippen LogP contribution in [0.5, 0.6) is 0 Å². The summed E-state index contributed by atoms with van der Waals surface area (Å²) < 4.78 is 3.60. The van der Waals surface area contributed by atoms with Gasteiger partial charge in [0.05, 0.1) is 18.4 Å². The van der Waals surface area contributed by atoms with E-state index < -0.39 is 0 Å². The Hall–Kier alpha value is -3.49. The number of hydrogen-bond acceptors (Lipinski definition) is 6. The summed E-state index contributed by atoms with van der Waals surface area (Å²) in [5.41, 5.74) is 1.09. The maximum absolute atomic E-state index is 12.4. The first-order valence-electron chi connectivity index (χ1n) is 8.29. The van der Waals surface area contributed by atoms with Gasteiger partial charge in [-0.1, -0.05) is 18.2 Å². The highest BCUT2D eigenvalue weighted by Crippen LogP contribution is 2.15. The molecule has 132 valence electrons. The Labute approximate surface area is 148 Å². The molecule has 9 nitrogen and oxygen atoms in total. The summed E-state index contributed by atoms with van der Waals surface area (Å²) in [6.45, 7) is 4.50. The van der Waals surface area contributed by atoms with Crippen LogP contribution in [0.3, 0.4) is 0 Å². The average Bonchev–Trinajstić information content (AvgIpc) is 3.28. The zero-order chi connectivity index (χ0) is 18.1. The molecule has 0 amide bonds. The first-order valence-corrected chi connectivity index (χ1v) is 8.29. The standard InChI is InChI=1S/C17H18N8O/c1-11(2)24-10-19-23-14(24)9-18-17-21-15-13(16(26)22-17)8-20-25(15)12-6-4-3-5-7-12/h3-8,10-11H,9H2,1-2H3,(H2,18,21,22,26). The van der Waals surface area contributed by atoms with Crippen LogP contribution in [0, 0.1) is 0 Å². The van der Waals surface area contributed by atoms with Crippen LogP contribution in [-0.4, -0.2) is 34.5 Å². The van der Waals surface area contributed by atoms with Gasteiger partial charge in [-0.05, 0) is 26.0 Å². The zero-order valence-corrected chi connectivity index (χ0v) is 14.4. The molecule has 4 rings (SSSR count). The third kappa shape index (κ3) is 2.83. The molecule has 0 aliphatic carbocycles. The van der Waals surface area contributed by atoms with E-state index in [1.165, 1.54) is 6.20 Å². The van der Waals surface area contributed by atoms with Crippen molar-refractivity contribution in [3.05, 3.63) is 59.0 Å². The van der Waals surface area contributed by atoms with Crippen LogP contribution >= 0.6 is 0 Å². The summed E-state index contributed by atoms with van der Waals surface area (Å²) in [5.74, 6) is 1.12. The van der Waals surface area contributed by atoms with Gasteiger partial charge in [0, 0.05) is 6.04 Å². The molecule has 0 radical (unpaired) electrons. The number of nitrogens with one attached hydrogen (secondary N) is 2. The largest absolute Gasteiger partial charge is 0.348 e. The molecule has 0 bridgehead atoms. The molecular weight excluding hydrogens is 332 g/mol. The summed E-state index contributed by atoms with van der Waals surface area (Å²) in [6, 6.07) is 9.81. The van der Waals surface area contributed by atoms with E-state index in [2.05, 4.69) is 44.4 Å². The van der Waals surface area contributed by atoms with E-state index in [1.54, 1.807) is 11.0 Å². The second-order valence-electron chi connectivity index (χ2n) is 6.15. The quantitative estimate of drug-likeness (QED) is 0.569. The molecule has 3 heterocycles. The summed E-state index contributed by atoms with van der Waals surface area (Å²) in [7, 11) is 0. The Morgan fingerprint density at radius 1 is 1.23 bits per heavy atom. The predicted octanol–water partition coefficient (Wildman–Crippen LogP) is 1.89. The van der Waals surface area contributed by atoms with E-state index in [9.17, 15) is 4.79 Å². The van der Waals surface area contributed by atoms with Gasteiger partial charge in [-0.15, -0.1) is 10.2 Å². The minimum Gasteiger partial charge on any atom is -0.348 e. The zero-order valence-electron chi connectivity index (χ0n) is 14.4. The van der Waals surface area contributed by atoms with E-state index in [4.69, 9.17) is 0 Å². The van der Waals surface area contributed by atoms with Crippen molar-refractivity contribution in [2.45, 2.75) is 26.4 Å². The van der Waals surface area contributed by atoms with Crippen LogP contribution < -0.4 is 10.9 Å².